The highest BCUT2D eigenvalue weighted by Crippen LogP contribution is 2.35. The Hall–Kier alpha value is -1.21. The zero-order chi connectivity index (χ0) is 24.1. The molecule has 0 heterocycles. The molecule has 0 saturated heterocycles. The van der Waals surface area contributed by atoms with E-state index in [9.17, 15) is 14.2 Å². The van der Waals surface area contributed by atoms with Crippen molar-refractivity contribution in [1.29, 1.82) is 0 Å². The normalized spacial score (nSPS) is 12.8. The minimum Gasteiger partial charge on any atom is -0.462 e. The number of unbranched alkanes of at least 4 members (excludes halogenated alkanes) is 11. The summed E-state index contributed by atoms with van der Waals surface area (Å²) in [7, 11) is -4.69. The van der Waals surface area contributed by atoms with Crippen molar-refractivity contribution in [3.05, 3.63) is 12.2 Å². The van der Waals surface area contributed by atoms with Gasteiger partial charge in [-0.1, -0.05) is 70.4 Å². The minimum absolute atomic E-state index is 0.254. The van der Waals surface area contributed by atoms with Crippen LogP contribution in [0.1, 0.15) is 104 Å². The van der Waals surface area contributed by atoms with Crippen molar-refractivity contribution in [2.45, 2.75) is 110 Å². The molecule has 1 unspecified atom stereocenters. The average Bonchev–Trinajstić information content (AvgIpc) is 2.72. The lowest BCUT2D eigenvalue weighted by Crippen LogP contribution is -2.28. The topological polar surface area (TPSA) is 119 Å². The Morgan fingerprint density at radius 3 is 1.91 bits per heavy atom. The molecule has 0 aromatic carbocycles. The van der Waals surface area contributed by atoms with E-state index in [-0.39, 0.29) is 13.0 Å². The fraction of sp³-hybridized carbons (Fsp3) is 0.826. The number of phosphoric acid groups is 1. The van der Waals surface area contributed by atoms with Crippen LogP contribution < -0.4 is 0 Å². The first kappa shape index (κ1) is 30.8. The van der Waals surface area contributed by atoms with Crippen LogP contribution in [0, 0.1) is 0 Å². The maximum absolute atomic E-state index is 11.8. The van der Waals surface area contributed by atoms with Crippen molar-refractivity contribution in [1.82, 2.24) is 0 Å². The molecule has 0 aliphatic rings. The molecule has 0 aromatic heterocycles. The second-order valence-corrected chi connectivity index (χ2v) is 9.27. The first-order valence-electron chi connectivity index (χ1n) is 11.9. The predicted octanol–water partition coefficient (Wildman–Crippen LogP) is 5.61. The van der Waals surface area contributed by atoms with Gasteiger partial charge in [0, 0.05) is 13.3 Å². The Morgan fingerprint density at radius 1 is 0.844 bits per heavy atom. The van der Waals surface area contributed by atoms with Gasteiger partial charge in [0.1, 0.15) is 6.61 Å². The number of esters is 2. The van der Waals surface area contributed by atoms with Gasteiger partial charge in [0.2, 0.25) is 0 Å². The lowest BCUT2D eigenvalue weighted by Gasteiger charge is -2.17. The Kier molecular flexibility index (Phi) is 19.6. The van der Waals surface area contributed by atoms with Crippen LogP contribution in [0.2, 0.25) is 0 Å². The van der Waals surface area contributed by atoms with Gasteiger partial charge in [-0.3, -0.25) is 14.1 Å². The van der Waals surface area contributed by atoms with Crippen LogP contribution in [0.15, 0.2) is 12.2 Å². The molecule has 0 saturated carbocycles. The Balaban J connectivity index is 3.66. The number of hydrogen-bond acceptors (Lipinski definition) is 6. The van der Waals surface area contributed by atoms with Gasteiger partial charge in [-0.25, -0.2) is 4.57 Å². The van der Waals surface area contributed by atoms with Crippen LogP contribution in [0.25, 0.3) is 0 Å². The summed E-state index contributed by atoms with van der Waals surface area (Å²) in [6.45, 7) is 2.53. The molecule has 0 radical (unpaired) electrons. The zero-order valence-corrected chi connectivity index (χ0v) is 20.7. The van der Waals surface area contributed by atoms with Crippen molar-refractivity contribution in [3.8, 4) is 0 Å². The maximum atomic E-state index is 11.8. The summed E-state index contributed by atoms with van der Waals surface area (Å²) < 4.78 is 24.9. The van der Waals surface area contributed by atoms with Crippen molar-refractivity contribution in [2.75, 3.05) is 13.2 Å². The van der Waals surface area contributed by atoms with E-state index < -0.39 is 32.5 Å². The van der Waals surface area contributed by atoms with Crippen molar-refractivity contribution in [2.24, 2.45) is 0 Å². The third-order valence-electron chi connectivity index (χ3n) is 4.83. The zero-order valence-electron chi connectivity index (χ0n) is 19.8. The molecular weight excluding hydrogens is 435 g/mol. The highest BCUT2D eigenvalue weighted by atomic mass is 31.2. The van der Waals surface area contributed by atoms with E-state index in [0.29, 0.717) is 6.42 Å². The summed E-state index contributed by atoms with van der Waals surface area (Å²) in [6, 6.07) is 0. The summed E-state index contributed by atoms with van der Waals surface area (Å²) in [6.07, 6.45) is 19.0. The fourth-order valence-electron chi connectivity index (χ4n) is 3.13. The molecule has 0 aromatic rings. The molecule has 0 rings (SSSR count). The highest BCUT2D eigenvalue weighted by molar-refractivity contribution is 7.46. The van der Waals surface area contributed by atoms with Gasteiger partial charge in [0.05, 0.1) is 6.61 Å². The molecule has 0 aliphatic heterocycles. The lowest BCUT2D eigenvalue weighted by atomic mass is 10.1. The summed E-state index contributed by atoms with van der Waals surface area (Å²) in [5.74, 6) is -1.09. The largest absolute Gasteiger partial charge is 0.469 e. The number of phosphoric ester groups is 1. The molecule has 0 fully saturated rings. The molecule has 0 aliphatic carbocycles. The van der Waals surface area contributed by atoms with Gasteiger partial charge in [0.25, 0.3) is 0 Å². The Morgan fingerprint density at radius 2 is 1.38 bits per heavy atom. The number of carbonyl (C=O) groups is 2. The van der Waals surface area contributed by atoms with Crippen molar-refractivity contribution >= 4 is 19.8 Å². The van der Waals surface area contributed by atoms with Crippen LogP contribution in [0.4, 0.5) is 0 Å². The summed E-state index contributed by atoms with van der Waals surface area (Å²) in [4.78, 5) is 40.3. The highest BCUT2D eigenvalue weighted by Gasteiger charge is 2.21. The Labute approximate surface area is 193 Å². The third-order valence-corrected chi connectivity index (χ3v) is 5.32. The van der Waals surface area contributed by atoms with Crippen LogP contribution in [0.3, 0.4) is 0 Å². The second-order valence-electron chi connectivity index (χ2n) is 8.04. The van der Waals surface area contributed by atoms with E-state index in [1.807, 2.05) is 0 Å². The lowest BCUT2D eigenvalue weighted by molar-refractivity contribution is -0.159. The maximum Gasteiger partial charge on any atom is 0.469 e. The van der Waals surface area contributed by atoms with E-state index >= 15 is 0 Å². The average molecular weight is 479 g/mol. The standard InChI is InChI=1S/C23H43O8P/c1-3-4-5-6-7-8-9-10-11-12-13-14-15-16-17-18-23(25)29-19-22(31-21(2)24)20-30-32(26,27)28/h10-11,22H,3-9,12-20H2,1-2H3,(H2,26,27,28). The molecule has 0 bridgehead atoms. The molecular formula is C23H43O8P. The van der Waals surface area contributed by atoms with Crippen molar-refractivity contribution in [3.63, 3.8) is 0 Å². The van der Waals surface area contributed by atoms with E-state index in [1.165, 1.54) is 44.9 Å². The van der Waals surface area contributed by atoms with E-state index in [4.69, 9.17) is 19.3 Å². The molecule has 0 spiro atoms. The molecule has 32 heavy (non-hydrogen) atoms. The van der Waals surface area contributed by atoms with E-state index in [2.05, 4.69) is 23.6 Å². The van der Waals surface area contributed by atoms with Crippen LogP contribution in [-0.2, 0) is 28.2 Å². The molecule has 8 nitrogen and oxygen atoms in total. The van der Waals surface area contributed by atoms with Gasteiger partial charge in [0.15, 0.2) is 6.10 Å². The van der Waals surface area contributed by atoms with Crippen LogP contribution in [-0.4, -0.2) is 41.0 Å². The van der Waals surface area contributed by atoms with E-state index in [1.54, 1.807) is 0 Å². The number of allylic oxidation sites excluding steroid dienone is 2. The smallest absolute Gasteiger partial charge is 0.462 e. The monoisotopic (exact) mass is 478 g/mol. The van der Waals surface area contributed by atoms with Gasteiger partial charge in [-0.15, -0.1) is 0 Å². The van der Waals surface area contributed by atoms with Crippen molar-refractivity contribution < 1.29 is 37.9 Å². The first-order valence-corrected chi connectivity index (χ1v) is 13.5. The van der Waals surface area contributed by atoms with Crippen LogP contribution >= 0.6 is 7.82 Å². The fourth-order valence-corrected chi connectivity index (χ4v) is 3.49. The first-order chi connectivity index (χ1) is 15.2. The van der Waals surface area contributed by atoms with Gasteiger partial charge >= 0.3 is 19.8 Å². The molecule has 9 heteroatoms. The third kappa shape index (κ3) is 23.5. The number of ether oxygens (including phenoxy) is 2. The number of carbonyl (C=O) groups excluding carboxylic acids is 2. The Bertz CT molecular complexity index is 558. The van der Waals surface area contributed by atoms with Gasteiger partial charge in [-0.2, -0.15) is 0 Å². The number of rotatable bonds is 21. The predicted molar refractivity (Wildman–Crippen MR) is 124 cm³/mol. The second kappa shape index (κ2) is 20.4. The SMILES string of the molecule is CCCCCCCCC=CCCCCCCCC(=O)OCC(COP(=O)(O)O)OC(C)=O. The minimum atomic E-state index is -4.69. The van der Waals surface area contributed by atoms with Crippen LogP contribution in [0.5, 0.6) is 0 Å². The molecule has 0 amide bonds. The van der Waals surface area contributed by atoms with Gasteiger partial charge < -0.3 is 19.3 Å². The summed E-state index contributed by atoms with van der Waals surface area (Å²) in [5, 5.41) is 0. The van der Waals surface area contributed by atoms with E-state index in [0.717, 1.165) is 39.0 Å². The quantitative estimate of drug-likeness (QED) is 0.0946. The molecule has 2 N–H and O–H groups in total. The van der Waals surface area contributed by atoms with Gasteiger partial charge in [-0.05, 0) is 32.1 Å². The summed E-state index contributed by atoms with van der Waals surface area (Å²) >= 11 is 0. The molecule has 1 atom stereocenters. The molecule has 188 valence electrons. The number of hydrogen-bond donors (Lipinski definition) is 2. The summed E-state index contributed by atoms with van der Waals surface area (Å²) in [5.41, 5.74) is 0.